The molecular formula is C15H25N3O2S. The van der Waals surface area contributed by atoms with E-state index in [1.807, 2.05) is 19.1 Å². The summed E-state index contributed by atoms with van der Waals surface area (Å²) >= 11 is 0. The van der Waals surface area contributed by atoms with Crippen LogP contribution in [0.5, 0.6) is 0 Å². The maximum absolute atomic E-state index is 12.8. The van der Waals surface area contributed by atoms with Gasteiger partial charge in [0.15, 0.2) is 0 Å². The van der Waals surface area contributed by atoms with Crippen LogP contribution in [-0.4, -0.2) is 42.1 Å². The molecule has 0 bridgehead atoms. The molecule has 6 heteroatoms. The van der Waals surface area contributed by atoms with Crippen molar-refractivity contribution < 1.29 is 8.42 Å². The third kappa shape index (κ3) is 3.62. The minimum atomic E-state index is -3.43. The Morgan fingerprint density at radius 1 is 1.24 bits per heavy atom. The topological polar surface area (TPSA) is 53.5 Å². The highest BCUT2D eigenvalue weighted by atomic mass is 32.2. The molecule has 1 aliphatic heterocycles. The molecule has 3 unspecified atom stereocenters. The SMILES string of the molecule is CC1CC(C)CN(S(=O)(=O)N(C)C(C)c2ccncc2)C1. The standard InChI is InChI=1S/C15H25N3O2S/c1-12-9-13(2)11-18(10-12)21(19,20)17(4)14(3)15-5-7-16-8-6-15/h5-8,12-14H,9-11H2,1-4H3. The predicted octanol–water partition coefficient (Wildman–Crippen LogP) is 2.30. The van der Waals surface area contributed by atoms with Gasteiger partial charge in [-0.2, -0.15) is 17.0 Å². The maximum Gasteiger partial charge on any atom is 0.282 e. The zero-order chi connectivity index (χ0) is 15.6. The molecule has 0 aromatic carbocycles. The number of piperidine rings is 1. The lowest BCUT2D eigenvalue weighted by atomic mass is 9.94. The van der Waals surface area contributed by atoms with E-state index in [9.17, 15) is 8.42 Å². The van der Waals surface area contributed by atoms with Crippen LogP contribution in [0.3, 0.4) is 0 Å². The lowest BCUT2D eigenvalue weighted by Gasteiger charge is -2.37. The first-order chi connectivity index (χ1) is 9.82. The highest BCUT2D eigenvalue weighted by Gasteiger charge is 2.35. The Morgan fingerprint density at radius 2 is 1.76 bits per heavy atom. The molecule has 1 aliphatic rings. The van der Waals surface area contributed by atoms with Crippen molar-refractivity contribution in [1.82, 2.24) is 13.6 Å². The molecule has 1 saturated heterocycles. The first-order valence-corrected chi connectivity index (χ1v) is 8.85. The molecule has 2 rings (SSSR count). The summed E-state index contributed by atoms with van der Waals surface area (Å²) in [7, 11) is -1.77. The first kappa shape index (κ1) is 16.4. The highest BCUT2D eigenvalue weighted by molar-refractivity contribution is 7.86. The predicted molar refractivity (Wildman–Crippen MR) is 83.9 cm³/mol. The smallest absolute Gasteiger partial charge is 0.265 e. The summed E-state index contributed by atoms with van der Waals surface area (Å²) in [6, 6.07) is 3.52. The van der Waals surface area contributed by atoms with Gasteiger partial charge in [-0.25, -0.2) is 0 Å². The Balaban J connectivity index is 2.18. The molecule has 1 aromatic heterocycles. The van der Waals surface area contributed by atoms with Gasteiger partial charge in [0.2, 0.25) is 0 Å². The van der Waals surface area contributed by atoms with Crippen LogP contribution in [-0.2, 0) is 10.2 Å². The fourth-order valence-corrected chi connectivity index (χ4v) is 4.80. The summed E-state index contributed by atoms with van der Waals surface area (Å²) in [5.74, 6) is 0.821. The van der Waals surface area contributed by atoms with E-state index in [-0.39, 0.29) is 6.04 Å². The molecule has 2 heterocycles. The molecule has 1 fully saturated rings. The van der Waals surface area contributed by atoms with Crippen LogP contribution in [0, 0.1) is 11.8 Å². The second kappa shape index (κ2) is 6.42. The van der Waals surface area contributed by atoms with E-state index in [4.69, 9.17) is 0 Å². The van der Waals surface area contributed by atoms with E-state index in [1.165, 1.54) is 4.31 Å². The van der Waals surface area contributed by atoms with E-state index in [2.05, 4.69) is 18.8 Å². The third-order valence-corrected chi connectivity index (χ3v) is 6.25. The van der Waals surface area contributed by atoms with Crippen LogP contribution in [0.25, 0.3) is 0 Å². The van der Waals surface area contributed by atoms with Crippen molar-refractivity contribution >= 4 is 10.2 Å². The lowest BCUT2D eigenvalue weighted by Crippen LogP contribution is -2.48. The van der Waals surface area contributed by atoms with E-state index < -0.39 is 10.2 Å². The van der Waals surface area contributed by atoms with Crippen molar-refractivity contribution in [2.45, 2.75) is 33.2 Å². The summed E-state index contributed by atoms with van der Waals surface area (Å²) in [5, 5.41) is 0. The van der Waals surface area contributed by atoms with E-state index >= 15 is 0 Å². The van der Waals surface area contributed by atoms with Crippen LogP contribution < -0.4 is 0 Å². The zero-order valence-electron chi connectivity index (χ0n) is 13.2. The Kier molecular flexibility index (Phi) is 5.01. The number of hydrogen-bond acceptors (Lipinski definition) is 3. The van der Waals surface area contributed by atoms with E-state index in [1.54, 1.807) is 23.7 Å². The van der Waals surface area contributed by atoms with Crippen molar-refractivity contribution in [1.29, 1.82) is 0 Å². The first-order valence-electron chi connectivity index (χ1n) is 7.45. The monoisotopic (exact) mass is 311 g/mol. The van der Waals surface area contributed by atoms with Crippen LogP contribution in [0.4, 0.5) is 0 Å². The average Bonchev–Trinajstić information content (AvgIpc) is 2.45. The Hall–Kier alpha value is -0.980. The quantitative estimate of drug-likeness (QED) is 0.857. The Morgan fingerprint density at radius 3 is 2.29 bits per heavy atom. The van der Waals surface area contributed by atoms with Crippen molar-refractivity contribution in [3.8, 4) is 0 Å². The summed E-state index contributed by atoms with van der Waals surface area (Å²) in [4.78, 5) is 3.98. The minimum absolute atomic E-state index is 0.203. The van der Waals surface area contributed by atoms with Gasteiger partial charge in [0.25, 0.3) is 10.2 Å². The molecule has 0 N–H and O–H groups in total. The summed E-state index contributed by atoms with van der Waals surface area (Å²) < 4.78 is 28.7. The Bertz CT molecular complexity index is 552. The molecule has 0 saturated carbocycles. The van der Waals surface area contributed by atoms with Crippen LogP contribution >= 0.6 is 0 Å². The van der Waals surface area contributed by atoms with E-state index in [0.717, 1.165) is 12.0 Å². The molecule has 5 nitrogen and oxygen atoms in total. The maximum atomic E-state index is 12.8. The number of hydrogen-bond donors (Lipinski definition) is 0. The number of nitrogens with zero attached hydrogens (tertiary/aromatic N) is 3. The van der Waals surface area contributed by atoms with Gasteiger partial charge >= 0.3 is 0 Å². The summed E-state index contributed by atoms with van der Waals surface area (Å²) in [6.07, 6.45) is 4.48. The van der Waals surface area contributed by atoms with Gasteiger partial charge in [-0.05, 0) is 42.9 Å². The summed E-state index contributed by atoms with van der Waals surface area (Å²) in [5.41, 5.74) is 0.953. The molecule has 118 valence electrons. The summed E-state index contributed by atoms with van der Waals surface area (Å²) in [6.45, 7) is 7.36. The lowest BCUT2D eigenvalue weighted by molar-refractivity contribution is 0.207. The molecule has 0 spiro atoms. The average molecular weight is 311 g/mol. The largest absolute Gasteiger partial charge is 0.282 e. The third-order valence-electron chi connectivity index (χ3n) is 4.26. The van der Waals surface area contributed by atoms with Gasteiger partial charge in [0.05, 0.1) is 0 Å². The second-order valence-corrected chi connectivity index (χ2v) is 8.23. The molecule has 0 aliphatic carbocycles. The fraction of sp³-hybridized carbons (Fsp3) is 0.667. The normalized spacial score (nSPS) is 26.0. The van der Waals surface area contributed by atoms with Gasteiger partial charge in [-0.1, -0.05) is 13.8 Å². The van der Waals surface area contributed by atoms with Crippen molar-refractivity contribution in [3.05, 3.63) is 30.1 Å². The molecule has 0 amide bonds. The van der Waals surface area contributed by atoms with Crippen molar-refractivity contribution in [2.24, 2.45) is 11.8 Å². The van der Waals surface area contributed by atoms with Gasteiger partial charge in [-0.15, -0.1) is 0 Å². The van der Waals surface area contributed by atoms with Gasteiger partial charge in [0.1, 0.15) is 0 Å². The number of pyridine rings is 1. The molecule has 1 aromatic rings. The van der Waals surface area contributed by atoms with Crippen LogP contribution in [0.1, 0.15) is 38.8 Å². The van der Waals surface area contributed by atoms with Crippen LogP contribution in [0.2, 0.25) is 0 Å². The number of rotatable bonds is 4. The van der Waals surface area contributed by atoms with Crippen molar-refractivity contribution in [2.75, 3.05) is 20.1 Å². The minimum Gasteiger partial charge on any atom is -0.265 e. The fourth-order valence-electron chi connectivity index (χ4n) is 3.03. The van der Waals surface area contributed by atoms with Gasteiger partial charge in [-0.3, -0.25) is 4.98 Å². The zero-order valence-corrected chi connectivity index (χ0v) is 14.0. The molecular weight excluding hydrogens is 286 g/mol. The van der Waals surface area contributed by atoms with Crippen molar-refractivity contribution in [3.63, 3.8) is 0 Å². The van der Waals surface area contributed by atoms with Crippen LogP contribution in [0.15, 0.2) is 24.5 Å². The number of aromatic nitrogens is 1. The Labute approximate surface area is 128 Å². The second-order valence-electron chi connectivity index (χ2n) is 6.24. The van der Waals surface area contributed by atoms with Gasteiger partial charge in [0, 0.05) is 38.6 Å². The van der Waals surface area contributed by atoms with Gasteiger partial charge < -0.3 is 0 Å². The molecule has 0 radical (unpaired) electrons. The molecule has 3 atom stereocenters. The molecule has 21 heavy (non-hydrogen) atoms. The highest BCUT2D eigenvalue weighted by Crippen LogP contribution is 2.28. The van der Waals surface area contributed by atoms with E-state index in [0.29, 0.717) is 24.9 Å².